The molecule has 0 aliphatic rings. The fraction of sp³-hybridized carbons (Fsp3) is 0.455. The normalized spacial score (nSPS) is 11.1. The summed E-state index contributed by atoms with van der Waals surface area (Å²) < 4.78 is 50.0. The topological polar surface area (TPSA) is 83.7 Å². The molecule has 0 amide bonds. The first kappa shape index (κ1) is 16.0. The number of rotatable bonds is 5. The molecule has 1 heterocycles. The van der Waals surface area contributed by atoms with Crippen LogP contribution in [0.4, 0.5) is 13.2 Å². The standard InChI is InChI=1S/C11H13F3N2O4/c1-3-19-10(17)6-4-8(20-11(12,13)14)16-7(5-15)9(6)18-2/h4H,3,5,15H2,1-2H3. The summed E-state index contributed by atoms with van der Waals surface area (Å²) in [5, 5.41) is 0. The lowest BCUT2D eigenvalue weighted by Crippen LogP contribution is -2.20. The summed E-state index contributed by atoms with van der Waals surface area (Å²) in [6, 6.07) is 0.795. The van der Waals surface area contributed by atoms with Crippen LogP contribution in [0, 0.1) is 0 Å². The molecule has 20 heavy (non-hydrogen) atoms. The summed E-state index contributed by atoms with van der Waals surface area (Å²) in [5.74, 6) is -1.70. The summed E-state index contributed by atoms with van der Waals surface area (Å²) in [4.78, 5) is 15.3. The van der Waals surface area contributed by atoms with Crippen molar-refractivity contribution in [2.45, 2.75) is 19.8 Å². The molecule has 0 saturated heterocycles. The van der Waals surface area contributed by atoms with Gasteiger partial charge in [0.1, 0.15) is 11.3 Å². The molecule has 0 unspecified atom stereocenters. The Kier molecular flexibility index (Phi) is 5.14. The minimum Gasteiger partial charge on any atom is -0.494 e. The van der Waals surface area contributed by atoms with Gasteiger partial charge in [0.25, 0.3) is 0 Å². The van der Waals surface area contributed by atoms with Crippen LogP contribution in [0.5, 0.6) is 11.6 Å². The number of carbonyl (C=O) groups is 1. The van der Waals surface area contributed by atoms with Crippen molar-refractivity contribution in [3.05, 3.63) is 17.3 Å². The lowest BCUT2D eigenvalue weighted by atomic mass is 10.2. The number of aromatic nitrogens is 1. The molecule has 0 aromatic carbocycles. The average molecular weight is 294 g/mol. The Labute approximate surface area is 112 Å². The van der Waals surface area contributed by atoms with Crippen LogP contribution in [-0.4, -0.2) is 31.0 Å². The van der Waals surface area contributed by atoms with Gasteiger partial charge in [-0.3, -0.25) is 0 Å². The Morgan fingerprint density at radius 2 is 2.10 bits per heavy atom. The van der Waals surface area contributed by atoms with Crippen molar-refractivity contribution in [2.75, 3.05) is 13.7 Å². The number of hydrogen-bond donors (Lipinski definition) is 1. The summed E-state index contributed by atoms with van der Waals surface area (Å²) in [6.07, 6.45) is -4.93. The molecule has 0 aliphatic heterocycles. The number of nitrogens with zero attached hydrogens (tertiary/aromatic N) is 1. The van der Waals surface area contributed by atoms with E-state index in [0.29, 0.717) is 0 Å². The largest absolute Gasteiger partial charge is 0.574 e. The van der Waals surface area contributed by atoms with Gasteiger partial charge in [-0.05, 0) is 6.92 Å². The highest BCUT2D eigenvalue weighted by molar-refractivity contribution is 5.93. The van der Waals surface area contributed by atoms with Gasteiger partial charge in [0.2, 0.25) is 5.88 Å². The highest BCUT2D eigenvalue weighted by Gasteiger charge is 2.33. The van der Waals surface area contributed by atoms with Crippen LogP contribution >= 0.6 is 0 Å². The number of esters is 1. The maximum Gasteiger partial charge on any atom is 0.574 e. The smallest absolute Gasteiger partial charge is 0.494 e. The maximum absolute atomic E-state index is 12.2. The average Bonchev–Trinajstić information content (AvgIpc) is 2.35. The molecule has 0 radical (unpaired) electrons. The van der Waals surface area contributed by atoms with E-state index in [1.807, 2.05) is 0 Å². The van der Waals surface area contributed by atoms with E-state index >= 15 is 0 Å². The zero-order valence-corrected chi connectivity index (χ0v) is 10.8. The van der Waals surface area contributed by atoms with E-state index in [9.17, 15) is 18.0 Å². The second kappa shape index (κ2) is 6.42. The molecule has 0 atom stereocenters. The van der Waals surface area contributed by atoms with Crippen LogP contribution in [0.15, 0.2) is 6.07 Å². The molecule has 0 bridgehead atoms. The fourth-order valence-electron chi connectivity index (χ4n) is 1.46. The van der Waals surface area contributed by atoms with E-state index in [1.165, 1.54) is 7.11 Å². The predicted octanol–water partition coefficient (Wildman–Crippen LogP) is 1.62. The van der Waals surface area contributed by atoms with Gasteiger partial charge in [0.05, 0.1) is 13.7 Å². The lowest BCUT2D eigenvalue weighted by molar-refractivity contribution is -0.276. The van der Waals surface area contributed by atoms with Crippen LogP contribution < -0.4 is 15.2 Å². The molecule has 0 fully saturated rings. The lowest BCUT2D eigenvalue weighted by Gasteiger charge is -2.14. The molecule has 0 aliphatic carbocycles. The van der Waals surface area contributed by atoms with Gasteiger partial charge in [0.15, 0.2) is 5.75 Å². The zero-order chi connectivity index (χ0) is 15.3. The van der Waals surface area contributed by atoms with Crippen molar-refractivity contribution < 1.29 is 32.2 Å². The molecule has 1 aromatic heterocycles. The van der Waals surface area contributed by atoms with Gasteiger partial charge in [-0.25, -0.2) is 9.78 Å². The molecule has 112 valence electrons. The molecule has 0 spiro atoms. The van der Waals surface area contributed by atoms with Crippen molar-refractivity contribution in [1.29, 1.82) is 0 Å². The number of methoxy groups -OCH3 is 1. The summed E-state index contributed by atoms with van der Waals surface area (Å²) in [7, 11) is 1.24. The summed E-state index contributed by atoms with van der Waals surface area (Å²) >= 11 is 0. The first-order valence-corrected chi connectivity index (χ1v) is 5.53. The maximum atomic E-state index is 12.2. The van der Waals surface area contributed by atoms with Gasteiger partial charge in [-0.2, -0.15) is 0 Å². The van der Waals surface area contributed by atoms with Gasteiger partial charge in [0, 0.05) is 12.6 Å². The van der Waals surface area contributed by atoms with E-state index in [1.54, 1.807) is 6.92 Å². The number of pyridine rings is 1. The van der Waals surface area contributed by atoms with Gasteiger partial charge in [-0.1, -0.05) is 0 Å². The van der Waals surface area contributed by atoms with E-state index < -0.39 is 18.2 Å². The third-order valence-corrected chi connectivity index (χ3v) is 2.13. The first-order valence-electron chi connectivity index (χ1n) is 5.53. The summed E-state index contributed by atoms with van der Waals surface area (Å²) in [6.45, 7) is 1.38. The predicted molar refractivity (Wildman–Crippen MR) is 61.3 cm³/mol. The minimum atomic E-state index is -4.93. The highest BCUT2D eigenvalue weighted by atomic mass is 19.4. The Balaban J connectivity index is 3.30. The number of ether oxygens (including phenoxy) is 3. The monoisotopic (exact) mass is 294 g/mol. The molecular formula is C11H13F3N2O4. The molecule has 1 rings (SSSR count). The van der Waals surface area contributed by atoms with Crippen molar-refractivity contribution >= 4 is 5.97 Å². The highest BCUT2D eigenvalue weighted by Crippen LogP contribution is 2.29. The number of halogens is 3. The van der Waals surface area contributed by atoms with Crippen LogP contribution in [-0.2, 0) is 11.3 Å². The molecule has 6 nitrogen and oxygen atoms in total. The molecule has 2 N–H and O–H groups in total. The Morgan fingerprint density at radius 1 is 1.45 bits per heavy atom. The van der Waals surface area contributed by atoms with Crippen molar-refractivity contribution in [3.63, 3.8) is 0 Å². The van der Waals surface area contributed by atoms with Gasteiger partial charge in [-0.15, -0.1) is 13.2 Å². The van der Waals surface area contributed by atoms with Gasteiger partial charge >= 0.3 is 12.3 Å². The first-order chi connectivity index (χ1) is 9.32. The number of alkyl halides is 3. The third-order valence-electron chi connectivity index (χ3n) is 2.13. The van der Waals surface area contributed by atoms with E-state index in [2.05, 4.69) is 9.72 Å². The van der Waals surface area contributed by atoms with Crippen LogP contribution in [0.1, 0.15) is 23.0 Å². The van der Waals surface area contributed by atoms with E-state index in [4.69, 9.17) is 15.2 Å². The third kappa shape index (κ3) is 3.98. The quantitative estimate of drug-likeness (QED) is 0.831. The number of hydrogen-bond acceptors (Lipinski definition) is 6. The van der Waals surface area contributed by atoms with Crippen LogP contribution in [0.3, 0.4) is 0 Å². The SMILES string of the molecule is CCOC(=O)c1cc(OC(F)(F)F)nc(CN)c1OC. The van der Waals surface area contributed by atoms with Crippen LogP contribution in [0.2, 0.25) is 0 Å². The minimum absolute atomic E-state index is 0.0412. The van der Waals surface area contributed by atoms with Crippen molar-refractivity contribution in [3.8, 4) is 11.6 Å². The van der Waals surface area contributed by atoms with Crippen LogP contribution in [0.25, 0.3) is 0 Å². The number of carbonyl (C=O) groups excluding carboxylic acids is 1. The zero-order valence-electron chi connectivity index (χ0n) is 10.8. The van der Waals surface area contributed by atoms with Crippen molar-refractivity contribution in [1.82, 2.24) is 4.98 Å². The summed E-state index contributed by atoms with van der Waals surface area (Å²) in [5.41, 5.74) is 5.09. The van der Waals surface area contributed by atoms with Gasteiger partial charge < -0.3 is 19.9 Å². The Hall–Kier alpha value is -2.03. The van der Waals surface area contributed by atoms with E-state index in [-0.39, 0.29) is 30.2 Å². The second-order valence-corrected chi connectivity index (χ2v) is 3.46. The fourth-order valence-corrected chi connectivity index (χ4v) is 1.46. The molecule has 9 heteroatoms. The molecule has 1 aromatic rings. The Morgan fingerprint density at radius 3 is 2.55 bits per heavy atom. The Bertz CT molecular complexity index is 491. The number of nitrogens with two attached hydrogens (primary N) is 1. The van der Waals surface area contributed by atoms with Crippen molar-refractivity contribution in [2.24, 2.45) is 5.73 Å². The molecular weight excluding hydrogens is 281 g/mol. The van der Waals surface area contributed by atoms with E-state index in [0.717, 1.165) is 6.07 Å². The molecule has 0 saturated carbocycles. The second-order valence-electron chi connectivity index (χ2n) is 3.46.